The van der Waals surface area contributed by atoms with Gasteiger partial charge in [0, 0.05) is 6.04 Å². The molecule has 0 aliphatic heterocycles. The third-order valence-corrected chi connectivity index (χ3v) is 4.10. The van der Waals surface area contributed by atoms with E-state index in [4.69, 9.17) is 5.73 Å². The topological polar surface area (TPSA) is 26.0 Å². The lowest BCUT2D eigenvalue weighted by molar-refractivity contribution is 0.505. The van der Waals surface area contributed by atoms with Gasteiger partial charge in [0.1, 0.15) is 0 Å². The first kappa shape index (κ1) is 12.6. The van der Waals surface area contributed by atoms with Gasteiger partial charge < -0.3 is 5.73 Å². The summed E-state index contributed by atoms with van der Waals surface area (Å²) in [6, 6.07) is 9.51. The minimum absolute atomic E-state index is 0.363. The van der Waals surface area contributed by atoms with Crippen LogP contribution in [0.15, 0.2) is 24.3 Å². The average molecular weight is 231 g/mol. The van der Waals surface area contributed by atoms with Gasteiger partial charge in [-0.15, -0.1) is 0 Å². The Labute approximate surface area is 105 Å². The van der Waals surface area contributed by atoms with Crippen molar-refractivity contribution in [3.05, 3.63) is 35.4 Å². The molecule has 1 heteroatoms. The van der Waals surface area contributed by atoms with Crippen LogP contribution in [-0.4, -0.2) is 6.04 Å². The predicted molar refractivity (Wildman–Crippen MR) is 74.3 cm³/mol. The first-order chi connectivity index (χ1) is 8.18. The molecule has 1 aliphatic rings. The first-order valence-corrected chi connectivity index (χ1v) is 7.04. The number of hydrogen-bond donors (Lipinski definition) is 1. The summed E-state index contributed by atoms with van der Waals surface area (Å²) in [6.07, 6.45) is 6.46. The number of rotatable bonds is 2. The summed E-state index contributed by atoms with van der Waals surface area (Å²) in [4.78, 5) is 0. The molecule has 1 aliphatic carbocycles. The maximum Gasteiger partial charge on any atom is 0.0108 e. The Hall–Kier alpha value is -0.820. The highest BCUT2D eigenvalue weighted by molar-refractivity contribution is 5.28. The van der Waals surface area contributed by atoms with E-state index in [-0.39, 0.29) is 0 Å². The molecule has 2 N–H and O–H groups in total. The zero-order valence-electron chi connectivity index (χ0n) is 11.2. The molecule has 0 heterocycles. The van der Waals surface area contributed by atoms with E-state index in [1.165, 1.54) is 43.2 Å². The average Bonchev–Trinajstić information content (AvgIpc) is 2.54. The van der Waals surface area contributed by atoms with E-state index in [1.54, 1.807) is 0 Å². The van der Waals surface area contributed by atoms with E-state index in [2.05, 4.69) is 38.1 Å². The van der Waals surface area contributed by atoms with E-state index < -0.39 is 0 Å². The summed E-state index contributed by atoms with van der Waals surface area (Å²) in [7, 11) is 0. The highest BCUT2D eigenvalue weighted by Crippen LogP contribution is 2.31. The van der Waals surface area contributed by atoms with E-state index in [9.17, 15) is 0 Å². The third-order valence-electron chi connectivity index (χ3n) is 4.10. The van der Waals surface area contributed by atoms with Crippen molar-refractivity contribution in [2.45, 2.75) is 63.8 Å². The number of nitrogens with two attached hydrogens (primary N) is 1. The molecule has 0 amide bonds. The molecule has 0 saturated heterocycles. The SMILES string of the molecule is CC(C)c1ccc(C2CCCCCC2N)cc1. The second-order valence-corrected chi connectivity index (χ2v) is 5.73. The van der Waals surface area contributed by atoms with Crippen molar-refractivity contribution in [2.24, 2.45) is 5.73 Å². The molecule has 0 spiro atoms. The second-order valence-electron chi connectivity index (χ2n) is 5.73. The van der Waals surface area contributed by atoms with Gasteiger partial charge in [-0.3, -0.25) is 0 Å². The van der Waals surface area contributed by atoms with Gasteiger partial charge in [-0.25, -0.2) is 0 Å². The molecule has 2 unspecified atom stereocenters. The monoisotopic (exact) mass is 231 g/mol. The Kier molecular flexibility index (Phi) is 4.22. The minimum atomic E-state index is 0.363. The maximum absolute atomic E-state index is 6.31. The summed E-state index contributed by atoms with van der Waals surface area (Å²) < 4.78 is 0. The standard InChI is InChI=1S/C16H25N/c1-12(2)13-8-10-14(11-9-13)15-6-4-3-5-7-16(15)17/h8-12,15-16H,3-7,17H2,1-2H3. The van der Waals surface area contributed by atoms with Crippen LogP contribution in [0.2, 0.25) is 0 Å². The fourth-order valence-electron chi connectivity index (χ4n) is 2.88. The molecule has 1 saturated carbocycles. The molecule has 1 aromatic carbocycles. The van der Waals surface area contributed by atoms with Crippen molar-refractivity contribution in [1.82, 2.24) is 0 Å². The van der Waals surface area contributed by atoms with Crippen LogP contribution in [0.3, 0.4) is 0 Å². The summed E-state index contributed by atoms with van der Waals surface area (Å²) in [6.45, 7) is 4.48. The van der Waals surface area contributed by atoms with E-state index in [0.29, 0.717) is 17.9 Å². The lowest BCUT2D eigenvalue weighted by Gasteiger charge is -2.22. The Balaban J connectivity index is 2.14. The van der Waals surface area contributed by atoms with Crippen LogP contribution >= 0.6 is 0 Å². The Morgan fingerprint density at radius 1 is 1.00 bits per heavy atom. The van der Waals surface area contributed by atoms with Gasteiger partial charge in [0.25, 0.3) is 0 Å². The lowest BCUT2D eigenvalue weighted by atomic mass is 9.87. The Bertz CT molecular complexity index is 339. The maximum atomic E-state index is 6.31. The normalized spacial score (nSPS) is 25.9. The molecule has 17 heavy (non-hydrogen) atoms. The molecule has 0 radical (unpaired) electrons. The van der Waals surface area contributed by atoms with Crippen molar-refractivity contribution < 1.29 is 0 Å². The first-order valence-electron chi connectivity index (χ1n) is 7.04. The second kappa shape index (κ2) is 5.68. The summed E-state index contributed by atoms with van der Waals surface area (Å²) >= 11 is 0. The molecule has 2 atom stereocenters. The van der Waals surface area contributed by atoms with Crippen LogP contribution in [-0.2, 0) is 0 Å². The summed E-state index contributed by atoms with van der Waals surface area (Å²) in [5.74, 6) is 1.20. The fraction of sp³-hybridized carbons (Fsp3) is 0.625. The zero-order valence-corrected chi connectivity index (χ0v) is 11.2. The molecule has 2 rings (SSSR count). The molecule has 1 aromatic rings. The van der Waals surface area contributed by atoms with Gasteiger partial charge in [-0.1, -0.05) is 57.4 Å². The van der Waals surface area contributed by atoms with Crippen molar-refractivity contribution in [3.63, 3.8) is 0 Å². The van der Waals surface area contributed by atoms with Crippen LogP contribution in [0, 0.1) is 0 Å². The van der Waals surface area contributed by atoms with E-state index in [0.717, 1.165) is 0 Å². The quantitative estimate of drug-likeness (QED) is 0.759. The van der Waals surface area contributed by atoms with Crippen LogP contribution < -0.4 is 5.73 Å². The number of hydrogen-bond acceptors (Lipinski definition) is 1. The fourth-order valence-corrected chi connectivity index (χ4v) is 2.88. The molecule has 0 aromatic heterocycles. The highest BCUT2D eigenvalue weighted by Gasteiger charge is 2.21. The van der Waals surface area contributed by atoms with Crippen LogP contribution in [0.1, 0.15) is 68.9 Å². The van der Waals surface area contributed by atoms with Gasteiger partial charge in [0.2, 0.25) is 0 Å². The molecule has 0 bridgehead atoms. The van der Waals surface area contributed by atoms with Crippen molar-refractivity contribution in [1.29, 1.82) is 0 Å². The highest BCUT2D eigenvalue weighted by atomic mass is 14.6. The van der Waals surface area contributed by atoms with Crippen molar-refractivity contribution in [3.8, 4) is 0 Å². The molecule has 94 valence electrons. The van der Waals surface area contributed by atoms with Crippen LogP contribution in [0.25, 0.3) is 0 Å². The van der Waals surface area contributed by atoms with Crippen LogP contribution in [0.4, 0.5) is 0 Å². The van der Waals surface area contributed by atoms with E-state index >= 15 is 0 Å². The van der Waals surface area contributed by atoms with E-state index in [1.807, 2.05) is 0 Å². The van der Waals surface area contributed by atoms with Gasteiger partial charge in [0.15, 0.2) is 0 Å². The molecule has 1 fully saturated rings. The predicted octanol–water partition coefficient (Wildman–Crippen LogP) is 4.19. The Morgan fingerprint density at radius 2 is 1.65 bits per heavy atom. The largest absolute Gasteiger partial charge is 0.327 e. The van der Waals surface area contributed by atoms with Gasteiger partial charge in [-0.2, -0.15) is 0 Å². The van der Waals surface area contributed by atoms with Crippen molar-refractivity contribution in [2.75, 3.05) is 0 Å². The zero-order chi connectivity index (χ0) is 12.3. The van der Waals surface area contributed by atoms with Gasteiger partial charge in [0.05, 0.1) is 0 Å². The Morgan fingerprint density at radius 3 is 2.29 bits per heavy atom. The minimum Gasteiger partial charge on any atom is -0.327 e. The summed E-state index contributed by atoms with van der Waals surface area (Å²) in [5.41, 5.74) is 9.18. The number of benzene rings is 1. The summed E-state index contributed by atoms with van der Waals surface area (Å²) in [5, 5.41) is 0. The van der Waals surface area contributed by atoms with Gasteiger partial charge in [-0.05, 0) is 35.8 Å². The van der Waals surface area contributed by atoms with Gasteiger partial charge >= 0.3 is 0 Å². The molecular weight excluding hydrogens is 206 g/mol. The lowest BCUT2D eigenvalue weighted by Crippen LogP contribution is -2.27. The third kappa shape index (κ3) is 3.10. The smallest absolute Gasteiger partial charge is 0.0108 e. The molecular formula is C16H25N. The molecule has 1 nitrogen and oxygen atoms in total. The van der Waals surface area contributed by atoms with Crippen molar-refractivity contribution >= 4 is 0 Å². The van der Waals surface area contributed by atoms with Crippen LogP contribution in [0.5, 0.6) is 0 Å².